The van der Waals surface area contributed by atoms with E-state index in [9.17, 15) is 35.9 Å². The third kappa shape index (κ3) is 11.9. The van der Waals surface area contributed by atoms with Crippen LogP contribution in [0, 0.1) is 0 Å². The number of fused-ring (bicyclic) bond motifs is 2. The Bertz CT molecular complexity index is 2020. The van der Waals surface area contributed by atoms with Gasteiger partial charge in [0.2, 0.25) is 5.91 Å². The first-order valence-electron chi connectivity index (χ1n) is 16.9. The maximum Gasteiger partial charge on any atom is 0.490 e. The Balaban J connectivity index is 0.000000512. The summed E-state index contributed by atoms with van der Waals surface area (Å²) in [6.45, 7) is 7.85. The quantitative estimate of drug-likeness (QED) is 0.0968. The second-order valence-corrected chi connectivity index (χ2v) is 11.7. The molecule has 5 rings (SSSR count). The Labute approximate surface area is 316 Å². The van der Waals surface area contributed by atoms with Crippen molar-refractivity contribution in [3.8, 4) is 11.5 Å². The van der Waals surface area contributed by atoms with Crippen molar-refractivity contribution in [1.29, 1.82) is 0 Å². The number of carbonyl (C=O) groups excluding carboxylic acids is 2. The maximum atomic E-state index is 13.1. The van der Waals surface area contributed by atoms with Crippen molar-refractivity contribution in [2.24, 2.45) is 5.73 Å². The first kappa shape index (κ1) is 44.3. The summed E-state index contributed by atoms with van der Waals surface area (Å²) in [5.41, 5.74) is 12.5. The number of aromatic nitrogens is 1. The lowest BCUT2D eigenvalue weighted by molar-refractivity contribution is -0.193. The summed E-state index contributed by atoms with van der Waals surface area (Å²) < 4.78 is 75.1. The second kappa shape index (κ2) is 19.5. The van der Waals surface area contributed by atoms with E-state index in [0.717, 1.165) is 16.8 Å². The largest absolute Gasteiger partial charge is 0.490 e. The van der Waals surface area contributed by atoms with Crippen LogP contribution in [0.25, 0.3) is 10.9 Å². The number of rotatable bonds is 11. The first-order chi connectivity index (χ1) is 26.3. The van der Waals surface area contributed by atoms with Gasteiger partial charge in [-0.1, -0.05) is 43.3 Å². The summed E-state index contributed by atoms with van der Waals surface area (Å²) in [6, 6.07) is 17.5. The molecular weight excluding hydrogens is 756 g/mol. The van der Waals surface area contributed by atoms with Crippen LogP contribution >= 0.6 is 0 Å². The van der Waals surface area contributed by atoms with E-state index >= 15 is 0 Å². The SMILES string of the molecule is CCOc1cc2ncc(C(N)=O)c(Nc3cccc(CNC(=O)[C@H]4Cc5ccccc5CN4)c3CC)c2cc1OCC.O=C(O)C(F)(F)F.O=C(O)C(F)(F)F. The topological polar surface area (TPSA) is 202 Å². The Kier molecular flexibility index (Phi) is 15.4. The zero-order valence-electron chi connectivity index (χ0n) is 30.2. The molecule has 2 heterocycles. The predicted molar refractivity (Wildman–Crippen MR) is 192 cm³/mol. The zero-order chi connectivity index (χ0) is 41.8. The molecule has 0 saturated heterocycles. The van der Waals surface area contributed by atoms with Crippen molar-refractivity contribution in [3.63, 3.8) is 0 Å². The number of carbonyl (C=O) groups is 4. The summed E-state index contributed by atoms with van der Waals surface area (Å²) in [7, 11) is 0. The monoisotopic (exact) mass is 795 g/mol. The number of pyridine rings is 1. The molecule has 302 valence electrons. The lowest BCUT2D eigenvalue weighted by Crippen LogP contribution is -2.47. The van der Waals surface area contributed by atoms with Crippen LogP contribution in [0.1, 0.15) is 53.4 Å². The third-order valence-electron chi connectivity index (χ3n) is 8.02. The molecule has 0 aliphatic carbocycles. The van der Waals surface area contributed by atoms with Gasteiger partial charge in [0.15, 0.2) is 11.5 Å². The molecule has 3 aromatic carbocycles. The Morgan fingerprint density at radius 3 is 1.98 bits per heavy atom. The lowest BCUT2D eigenvalue weighted by Gasteiger charge is -2.25. The summed E-state index contributed by atoms with van der Waals surface area (Å²) in [6.07, 6.45) is -7.32. The number of alkyl halides is 6. The molecule has 1 aromatic heterocycles. The molecule has 0 saturated carbocycles. The van der Waals surface area contributed by atoms with E-state index in [-0.39, 0.29) is 17.5 Å². The molecule has 4 aromatic rings. The maximum absolute atomic E-state index is 13.1. The zero-order valence-corrected chi connectivity index (χ0v) is 30.2. The van der Waals surface area contributed by atoms with Gasteiger partial charge in [0, 0.05) is 36.4 Å². The van der Waals surface area contributed by atoms with Crippen molar-refractivity contribution < 1.29 is 65.2 Å². The number of hydrogen-bond donors (Lipinski definition) is 6. The van der Waals surface area contributed by atoms with Crippen LogP contribution in [0.2, 0.25) is 0 Å². The Morgan fingerprint density at radius 1 is 0.875 bits per heavy atom. The molecule has 19 heteroatoms. The van der Waals surface area contributed by atoms with Gasteiger partial charge in [-0.15, -0.1) is 0 Å². The Hall–Kier alpha value is -6.11. The number of benzene rings is 3. The van der Waals surface area contributed by atoms with Crippen LogP contribution in [-0.4, -0.2) is 70.6 Å². The number of carboxylic acids is 2. The molecule has 2 amide bonds. The molecule has 0 radical (unpaired) electrons. The Morgan fingerprint density at radius 2 is 1.45 bits per heavy atom. The minimum Gasteiger partial charge on any atom is -0.490 e. The fourth-order valence-corrected chi connectivity index (χ4v) is 5.47. The average molecular weight is 796 g/mol. The smallest absolute Gasteiger partial charge is 0.490 e. The molecule has 1 aliphatic rings. The van der Waals surface area contributed by atoms with Crippen molar-refractivity contribution >= 4 is 46.0 Å². The number of ether oxygens (including phenoxy) is 2. The van der Waals surface area contributed by atoms with Crippen LogP contribution in [0.3, 0.4) is 0 Å². The number of carboxylic acid groups (broad SMARTS) is 2. The van der Waals surface area contributed by atoms with E-state index in [4.69, 9.17) is 35.0 Å². The molecule has 0 bridgehead atoms. The molecule has 0 unspecified atom stereocenters. The molecule has 7 N–H and O–H groups in total. The van der Waals surface area contributed by atoms with Crippen LogP contribution in [0.4, 0.5) is 37.7 Å². The van der Waals surface area contributed by atoms with Gasteiger partial charge in [0.25, 0.3) is 5.91 Å². The minimum atomic E-state index is -5.08. The molecule has 13 nitrogen and oxygen atoms in total. The van der Waals surface area contributed by atoms with Crippen LogP contribution in [0.5, 0.6) is 11.5 Å². The molecule has 1 atom stereocenters. The van der Waals surface area contributed by atoms with Gasteiger partial charge in [-0.25, -0.2) is 9.59 Å². The number of halogens is 6. The molecule has 56 heavy (non-hydrogen) atoms. The minimum absolute atomic E-state index is 0.0328. The van der Waals surface area contributed by atoms with Crippen molar-refractivity contribution in [3.05, 3.63) is 88.6 Å². The van der Waals surface area contributed by atoms with Crippen LogP contribution in [0.15, 0.2) is 60.8 Å². The van der Waals surface area contributed by atoms with Gasteiger partial charge < -0.3 is 41.4 Å². The van der Waals surface area contributed by atoms with Crippen LogP contribution < -0.4 is 31.2 Å². The predicted octanol–water partition coefficient (Wildman–Crippen LogP) is 6.03. The highest BCUT2D eigenvalue weighted by Crippen LogP contribution is 2.38. The fourth-order valence-electron chi connectivity index (χ4n) is 5.47. The van der Waals surface area contributed by atoms with Crippen molar-refractivity contribution in [2.45, 2.75) is 65.1 Å². The van der Waals surface area contributed by atoms with E-state index in [1.807, 2.05) is 56.3 Å². The average Bonchev–Trinajstić information content (AvgIpc) is 3.14. The van der Waals surface area contributed by atoms with E-state index in [2.05, 4.69) is 40.0 Å². The van der Waals surface area contributed by atoms with Crippen molar-refractivity contribution in [2.75, 3.05) is 18.5 Å². The number of nitrogens with two attached hydrogens (primary N) is 1. The fraction of sp³-hybridized carbons (Fsp3) is 0.324. The number of hydrogen-bond acceptors (Lipinski definition) is 9. The standard InChI is InChI=1S/C33H37N5O4.2C2HF3O2/c1-4-23-22(18-37-33(40)28-14-20-10-7-8-11-21(20)17-35-28)12-9-13-26(23)38-31-24-15-29(41-5-2)30(42-6-3)16-27(24)36-19-25(31)32(34)39;2*3-2(4,5)1(6)7/h7-13,15-16,19,28,35H,4-6,14,17-18H2,1-3H3,(H2,34,39)(H,36,38)(H,37,40);2*(H,6,7)/t28-;;/m1../s1. The summed E-state index contributed by atoms with van der Waals surface area (Å²) in [4.78, 5) is 47.9. The number of anilines is 2. The van der Waals surface area contributed by atoms with Crippen LogP contribution in [-0.2, 0) is 40.3 Å². The number of amides is 2. The van der Waals surface area contributed by atoms with Gasteiger partial charge in [0.1, 0.15) is 0 Å². The van der Waals surface area contributed by atoms with Gasteiger partial charge in [-0.2, -0.15) is 26.3 Å². The lowest BCUT2D eigenvalue weighted by atomic mass is 9.95. The van der Waals surface area contributed by atoms with Gasteiger partial charge in [-0.05, 0) is 61.1 Å². The van der Waals surface area contributed by atoms with Gasteiger partial charge >= 0.3 is 24.3 Å². The number of primary amides is 1. The highest BCUT2D eigenvalue weighted by atomic mass is 19.4. The second-order valence-electron chi connectivity index (χ2n) is 11.7. The molecule has 0 spiro atoms. The highest BCUT2D eigenvalue weighted by Gasteiger charge is 2.39. The van der Waals surface area contributed by atoms with Gasteiger partial charge in [-0.3, -0.25) is 14.6 Å². The van der Waals surface area contributed by atoms with E-state index in [1.54, 1.807) is 0 Å². The van der Waals surface area contributed by atoms with E-state index in [0.29, 0.717) is 67.2 Å². The summed E-state index contributed by atoms with van der Waals surface area (Å²) >= 11 is 0. The van der Waals surface area contributed by atoms with E-state index in [1.165, 1.54) is 17.3 Å². The molecule has 1 aliphatic heterocycles. The van der Waals surface area contributed by atoms with E-state index < -0.39 is 30.2 Å². The normalized spacial score (nSPS) is 13.5. The summed E-state index contributed by atoms with van der Waals surface area (Å²) in [5.74, 6) is -5.00. The highest BCUT2D eigenvalue weighted by molar-refractivity contribution is 6.08. The number of aliphatic carboxylic acids is 2. The first-order valence-corrected chi connectivity index (χ1v) is 16.9. The number of nitrogens with zero attached hydrogens (tertiary/aromatic N) is 1. The third-order valence-corrected chi connectivity index (χ3v) is 8.02. The molecule has 0 fully saturated rings. The summed E-state index contributed by atoms with van der Waals surface area (Å²) in [5, 5.41) is 24.9. The molecular formula is C37H39F6N5O8. The van der Waals surface area contributed by atoms with Gasteiger partial charge in [0.05, 0.1) is 36.0 Å². The number of nitrogens with one attached hydrogen (secondary N) is 3. The van der Waals surface area contributed by atoms with Crippen molar-refractivity contribution in [1.82, 2.24) is 15.6 Å².